The molecule has 0 radical (unpaired) electrons. The van der Waals surface area contributed by atoms with Crippen LogP contribution in [0.1, 0.15) is 0 Å². The predicted molar refractivity (Wildman–Crippen MR) is 46.5 cm³/mol. The highest BCUT2D eigenvalue weighted by molar-refractivity contribution is 9.10. The summed E-state index contributed by atoms with van der Waals surface area (Å²) in [7, 11) is 0. The van der Waals surface area contributed by atoms with Crippen molar-refractivity contribution in [3.63, 3.8) is 0 Å². The molecule has 52 valence electrons. The first-order chi connectivity index (χ1) is 4.84. The number of aliphatic imine (C=N–C) groups is 1. The Morgan fingerprint density at radius 2 is 2.10 bits per heavy atom. The summed E-state index contributed by atoms with van der Waals surface area (Å²) in [6.07, 6.45) is 1.28. The molecule has 0 heterocycles. The first-order valence-electron chi connectivity index (χ1n) is 2.83. The van der Waals surface area contributed by atoms with Crippen molar-refractivity contribution in [1.82, 2.24) is 0 Å². The van der Waals surface area contributed by atoms with Crippen LogP contribution in [0.25, 0.3) is 0 Å². The molecule has 0 saturated heterocycles. The quantitative estimate of drug-likeness (QED) is 0.545. The van der Waals surface area contributed by atoms with Gasteiger partial charge in [0.05, 0.1) is 12.0 Å². The Bertz CT molecular complexity index is 245. The van der Waals surface area contributed by atoms with Crippen LogP contribution in [0.3, 0.4) is 0 Å². The Balaban J connectivity index is 3.03. The Kier molecular flexibility index (Phi) is 2.45. The van der Waals surface area contributed by atoms with E-state index in [1.54, 1.807) is 0 Å². The summed E-state index contributed by atoms with van der Waals surface area (Å²) in [5, 5.41) is 0. The SMILES string of the molecule is NC=Nc1ccccc1Br. The van der Waals surface area contributed by atoms with Gasteiger partial charge in [-0.05, 0) is 28.1 Å². The lowest BCUT2D eigenvalue weighted by Gasteiger charge is -1.93. The smallest absolute Gasteiger partial charge is 0.0860 e. The molecule has 0 aliphatic carbocycles. The van der Waals surface area contributed by atoms with E-state index in [2.05, 4.69) is 20.9 Å². The molecule has 0 spiro atoms. The molecule has 10 heavy (non-hydrogen) atoms. The van der Waals surface area contributed by atoms with E-state index in [4.69, 9.17) is 5.73 Å². The van der Waals surface area contributed by atoms with Crippen molar-refractivity contribution in [2.45, 2.75) is 0 Å². The summed E-state index contributed by atoms with van der Waals surface area (Å²) in [5.74, 6) is 0. The van der Waals surface area contributed by atoms with Crippen molar-refractivity contribution in [3.8, 4) is 0 Å². The van der Waals surface area contributed by atoms with Crippen LogP contribution in [-0.2, 0) is 0 Å². The van der Waals surface area contributed by atoms with E-state index < -0.39 is 0 Å². The van der Waals surface area contributed by atoms with Crippen LogP contribution in [0.5, 0.6) is 0 Å². The third-order valence-electron chi connectivity index (χ3n) is 1.07. The normalized spacial score (nSPS) is 10.5. The van der Waals surface area contributed by atoms with Gasteiger partial charge < -0.3 is 5.73 Å². The van der Waals surface area contributed by atoms with E-state index in [9.17, 15) is 0 Å². The van der Waals surface area contributed by atoms with Gasteiger partial charge in [-0.25, -0.2) is 4.99 Å². The molecule has 0 fully saturated rings. The largest absolute Gasteiger partial charge is 0.390 e. The Labute approximate surface area is 67.9 Å². The maximum Gasteiger partial charge on any atom is 0.0860 e. The second-order valence-electron chi connectivity index (χ2n) is 1.73. The molecule has 0 aliphatic rings. The van der Waals surface area contributed by atoms with Crippen molar-refractivity contribution in [1.29, 1.82) is 0 Å². The van der Waals surface area contributed by atoms with Crippen molar-refractivity contribution >= 4 is 28.0 Å². The van der Waals surface area contributed by atoms with Crippen molar-refractivity contribution in [2.24, 2.45) is 10.7 Å². The fourth-order valence-corrected chi connectivity index (χ4v) is 1.02. The lowest BCUT2D eigenvalue weighted by Crippen LogP contribution is -1.86. The lowest BCUT2D eigenvalue weighted by molar-refractivity contribution is 1.49. The third kappa shape index (κ3) is 1.57. The van der Waals surface area contributed by atoms with Crippen LogP contribution in [0.2, 0.25) is 0 Å². The predicted octanol–water partition coefficient (Wildman–Crippen LogP) is 2.07. The molecular formula is C7H7BrN2. The number of nitrogens with two attached hydrogens (primary N) is 1. The minimum atomic E-state index is 0.852. The van der Waals surface area contributed by atoms with Gasteiger partial charge in [0.2, 0.25) is 0 Å². The molecule has 1 aromatic rings. The van der Waals surface area contributed by atoms with E-state index >= 15 is 0 Å². The summed E-state index contributed by atoms with van der Waals surface area (Å²) < 4.78 is 0.955. The van der Waals surface area contributed by atoms with E-state index in [0.717, 1.165) is 10.2 Å². The summed E-state index contributed by atoms with van der Waals surface area (Å²) in [6, 6.07) is 7.64. The van der Waals surface area contributed by atoms with Crippen molar-refractivity contribution in [3.05, 3.63) is 28.7 Å². The van der Waals surface area contributed by atoms with Crippen LogP contribution in [-0.4, -0.2) is 6.34 Å². The number of nitrogens with zero attached hydrogens (tertiary/aromatic N) is 1. The molecule has 1 aromatic carbocycles. The standard InChI is InChI=1S/C7H7BrN2/c8-6-3-1-2-4-7(6)10-5-9/h1-5H,(H2,9,10). The van der Waals surface area contributed by atoms with Gasteiger partial charge in [-0.2, -0.15) is 0 Å². The number of hydrogen-bond donors (Lipinski definition) is 1. The fraction of sp³-hybridized carbons (Fsp3) is 0. The summed E-state index contributed by atoms with van der Waals surface area (Å²) in [5.41, 5.74) is 5.97. The molecule has 2 N–H and O–H groups in total. The minimum Gasteiger partial charge on any atom is -0.390 e. The summed E-state index contributed by atoms with van der Waals surface area (Å²) in [6.45, 7) is 0. The number of halogens is 1. The van der Waals surface area contributed by atoms with Gasteiger partial charge in [-0.3, -0.25) is 0 Å². The molecule has 0 bridgehead atoms. The maximum atomic E-state index is 5.12. The zero-order chi connectivity index (χ0) is 7.40. The molecule has 0 saturated carbocycles. The molecule has 3 heteroatoms. The number of rotatable bonds is 1. The molecule has 0 unspecified atom stereocenters. The van der Waals surface area contributed by atoms with Gasteiger partial charge in [0, 0.05) is 4.47 Å². The first kappa shape index (κ1) is 7.28. The van der Waals surface area contributed by atoms with Crippen LogP contribution in [0.4, 0.5) is 5.69 Å². The highest BCUT2D eigenvalue weighted by Gasteiger charge is 1.91. The Morgan fingerprint density at radius 3 is 2.70 bits per heavy atom. The fourth-order valence-electron chi connectivity index (χ4n) is 0.637. The zero-order valence-electron chi connectivity index (χ0n) is 5.29. The zero-order valence-corrected chi connectivity index (χ0v) is 6.88. The van der Waals surface area contributed by atoms with E-state index in [1.807, 2.05) is 24.3 Å². The third-order valence-corrected chi connectivity index (χ3v) is 1.74. The lowest BCUT2D eigenvalue weighted by atomic mass is 10.3. The van der Waals surface area contributed by atoms with Gasteiger partial charge in [0.1, 0.15) is 0 Å². The van der Waals surface area contributed by atoms with Gasteiger partial charge in [-0.15, -0.1) is 0 Å². The monoisotopic (exact) mass is 198 g/mol. The van der Waals surface area contributed by atoms with E-state index in [-0.39, 0.29) is 0 Å². The van der Waals surface area contributed by atoms with Gasteiger partial charge in [0.25, 0.3) is 0 Å². The molecule has 1 rings (SSSR count). The number of para-hydroxylation sites is 1. The molecular weight excluding hydrogens is 192 g/mol. The topological polar surface area (TPSA) is 38.4 Å². The van der Waals surface area contributed by atoms with Gasteiger partial charge in [-0.1, -0.05) is 12.1 Å². The van der Waals surface area contributed by atoms with Gasteiger partial charge >= 0.3 is 0 Å². The maximum absolute atomic E-state index is 5.12. The highest BCUT2D eigenvalue weighted by atomic mass is 79.9. The average molecular weight is 199 g/mol. The number of benzene rings is 1. The summed E-state index contributed by atoms with van der Waals surface area (Å²) in [4.78, 5) is 3.91. The first-order valence-corrected chi connectivity index (χ1v) is 3.62. The van der Waals surface area contributed by atoms with Crippen LogP contribution in [0.15, 0.2) is 33.7 Å². The number of hydrogen-bond acceptors (Lipinski definition) is 1. The van der Waals surface area contributed by atoms with Crippen LogP contribution < -0.4 is 5.73 Å². The minimum absolute atomic E-state index is 0.852. The molecule has 0 aromatic heterocycles. The van der Waals surface area contributed by atoms with Crippen molar-refractivity contribution in [2.75, 3.05) is 0 Å². The molecule has 0 atom stereocenters. The molecule has 0 aliphatic heterocycles. The van der Waals surface area contributed by atoms with Crippen LogP contribution in [0, 0.1) is 0 Å². The summed E-state index contributed by atoms with van der Waals surface area (Å²) >= 11 is 3.33. The van der Waals surface area contributed by atoms with Gasteiger partial charge in [0.15, 0.2) is 0 Å². The van der Waals surface area contributed by atoms with E-state index in [0.29, 0.717) is 0 Å². The second-order valence-corrected chi connectivity index (χ2v) is 2.58. The van der Waals surface area contributed by atoms with E-state index in [1.165, 1.54) is 6.34 Å². The molecule has 0 amide bonds. The Hall–Kier alpha value is -0.830. The highest BCUT2D eigenvalue weighted by Crippen LogP contribution is 2.23. The van der Waals surface area contributed by atoms with Crippen LogP contribution >= 0.6 is 15.9 Å². The Morgan fingerprint density at radius 1 is 1.40 bits per heavy atom. The van der Waals surface area contributed by atoms with Crippen molar-refractivity contribution < 1.29 is 0 Å². The molecule has 2 nitrogen and oxygen atoms in total. The average Bonchev–Trinajstić information content (AvgIpc) is 1.94. The second kappa shape index (κ2) is 3.37.